The van der Waals surface area contributed by atoms with Crippen LogP contribution in [0.2, 0.25) is 0 Å². The van der Waals surface area contributed by atoms with Gasteiger partial charge in [-0.1, -0.05) is 19.8 Å². The highest BCUT2D eigenvalue weighted by atomic mass is 32.2. The lowest BCUT2D eigenvalue weighted by Crippen LogP contribution is -2.59. The quantitative estimate of drug-likeness (QED) is 0.197. The number of aliphatic hydroxyl groups is 3. The minimum Gasteiger partial charge on any atom is -0.466 e. The second-order valence-electron chi connectivity index (χ2n) is 6.17. The highest BCUT2D eigenvalue weighted by Crippen LogP contribution is 2.23. The fraction of sp³-hybridized carbons (Fsp3) is 0.933. The lowest BCUT2D eigenvalue weighted by molar-refractivity contribution is -0.292. The summed E-state index contributed by atoms with van der Waals surface area (Å²) in [4.78, 5) is 11.4. The molecule has 26 heavy (non-hydrogen) atoms. The molecular formula is C15H28O10S. The Morgan fingerprint density at radius 2 is 1.73 bits per heavy atom. The minimum absolute atomic E-state index is 0.00533. The lowest BCUT2D eigenvalue weighted by Gasteiger charge is -2.39. The van der Waals surface area contributed by atoms with E-state index in [1.165, 1.54) is 0 Å². The molecule has 0 spiro atoms. The number of carbonyl (C=O) groups excluding carboxylic acids is 1. The van der Waals surface area contributed by atoms with Gasteiger partial charge in [0.1, 0.15) is 30.2 Å². The van der Waals surface area contributed by atoms with Gasteiger partial charge in [0.15, 0.2) is 6.29 Å². The average Bonchev–Trinajstić information content (AvgIpc) is 2.55. The number of unbranched alkanes of at least 4 members (excludes halogenated alkanes) is 2. The van der Waals surface area contributed by atoms with Gasteiger partial charge < -0.3 is 29.5 Å². The molecule has 5 atom stereocenters. The predicted octanol–water partition coefficient (Wildman–Crippen LogP) is -0.788. The molecule has 0 unspecified atom stereocenters. The largest absolute Gasteiger partial charge is 0.466 e. The molecule has 0 amide bonds. The first kappa shape index (κ1) is 23.2. The van der Waals surface area contributed by atoms with Crippen LogP contribution in [0.1, 0.15) is 39.0 Å². The number of ether oxygens (including phenoxy) is 3. The molecule has 0 saturated carbocycles. The standard InChI is InChI=1S/C15H28O10S/c1-2-3-4-6-11(16)23-7-5-8-24-15-14(19)13(18)12(17)10(25-15)9-26(20,21)22/h10,12-15,17-19H,2-9H2,1H3,(H,20,21,22)/t10-,12-,13+,14-,15+/m1/s1. The van der Waals surface area contributed by atoms with Crippen LogP contribution in [0.5, 0.6) is 0 Å². The normalized spacial score (nSPS) is 29.5. The maximum atomic E-state index is 11.4. The third-order valence-corrected chi connectivity index (χ3v) is 4.61. The van der Waals surface area contributed by atoms with Gasteiger partial charge in [-0.05, 0) is 6.42 Å². The van der Waals surface area contributed by atoms with E-state index in [1.807, 2.05) is 6.92 Å². The molecule has 1 fully saturated rings. The van der Waals surface area contributed by atoms with Crippen LogP contribution in [0, 0.1) is 0 Å². The van der Waals surface area contributed by atoms with Crippen molar-refractivity contribution in [1.29, 1.82) is 0 Å². The van der Waals surface area contributed by atoms with Crippen LogP contribution in [-0.2, 0) is 29.1 Å². The van der Waals surface area contributed by atoms with Crippen molar-refractivity contribution in [3.05, 3.63) is 0 Å². The molecule has 0 aromatic carbocycles. The van der Waals surface area contributed by atoms with Crippen LogP contribution in [0.3, 0.4) is 0 Å². The molecule has 0 radical (unpaired) electrons. The molecule has 0 bridgehead atoms. The Hall–Kier alpha value is -0.820. The Morgan fingerprint density at radius 1 is 1.04 bits per heavy atom. The summed E-state index contributed by atoms with van der Waals surface area (Å²) in [5, 5.41) is 29.3. The number of esters is 1. The van der Waals surface area contributed by atoms with Crippen LogP contribution in [-0.4, -0.2) is 83.9 Å². The summed E-state index contributed by atoms with van der Waals surface area (Å²) in [7, 11) is -4.46. The lowest BCUT2D eigenvalue weighted by atomic mass is 10.00. The zero-order valence-electron chi connectivity index (χ0n) is 14.7. The van der Waals surface area contributed by atoms with E-state index < -0.39 is 46.6 Å². The third-order valence-electron chi connectivity index (χ3n) is 3.86. The molecule has 1 rings (SSSR count). The molecule has 154 valence electrons. The van der Waals surface area contributed by atoms with E-state index in [9.17, 15) is 28.5 Å². The van der Waals surface area contributed by atoms with Crippen LogP contribution in [0.15, 0.2) is 0 Å². The van der Waals surface area contributed by atoms with E-state index in [-0.39, 0.29) is 19.2 Å². The van der Waals surface area contributed by atoms with Crippen LogP contribution < -0.4 is 0 Å². The van der Waals surface area contributed by atoms with Gasteiger partial charge in [0.25, 0.3) is 10.1 Å². The molecule has 11 heteroatoms. The molecule has 0 aromatic rings. The third kappa shape index (κ3) is 8.25. The van der Waals surface area contributed by atoms with Crippen LogP contribution in [0.4, 0.5) is 0 Å². The first-order valence-electron chi connectivity index (χ1n) is 8.57. The van der Waals surface area contributed by atoms with Gasteiger partial charge >= 0.3 is 5.97 Å². The van der Waals surface area contributed by atoms with Gasteiger partial charge in [-0.25, -0.2) is 0 Å². The van der Waals surface area contributed by atoms with Crippen molar-refractivity contribution in [1.82, 2.24) is 0 Å². The van der Waals surface area contributed by atoms with Crippen molar-refractivity contribution in [3.8, 4) is 0 Å². The van der Waals surface area contributed by atoms with Crippen molar-refractivity contribution >= 4 is 16.1 Å². The number of carbonyl (C=O) groups is 1. The molecule has 0 aromatic heterocycles. The first-order chi connectivity index (χ1) is 12.2. The smallest absolute Gasteiger partial charge is 0.305 e. The maximum absolute atomic E-state index is 11.4. The molecule has 10 nitrogen and oxygen atoms in total. The fourth-order valence-electron chi connectivity index (χ4n) is 2.44. The zero-order valence-corrected chi connectivity index (χ0v) is 15.5. The Labute approximate surface area is 152 Å². The summed E-state index contributed by atoms with van der Waals surface area (Å²) in [5.74, 6) is -1.26. The topological polar surface area (TPSA) is 160 Å². The Balaban J connectivity index is 2.35. The summed E-state index contributed by atoms with van der Waals surface area (Å²) in [6, 6.07) is 0. The monoisotopic (exact) mass is 400 g/mol. The van der Waals surface area contributed by atoms with Gasteiger partial charge in [0.2, 0.25) is 0 Å². The fourth-order valence-corrected chi connectivity index (χ4v) is 3.13. The SMILES string of the molecule is CCCCCC(=O)OCCCO[C@H]1O[C@H](CS(=O)(=O)O)[C@@H](O)[C@H](O)[C@H]1O. The molecule has 4 N–H and O–H groups in total. The Morgan fingerprint density at radius 3 is 2.35 bits per heavy atom. The number of hydrogen-bond acceptors (Lipinski definition) is 9. The highest BCUT2D eigenvalue weighted by Gasteiger charge is 2.45. The number of hydrogen-bond donors (Lipinski definition) is 4. The van der Waals surface area contributed by atoms with Crippen molar-refractivity contribution in [2.75, 3.05) is 19.0 Å². The summed E-state index contributed by atoms with van der Waals surface area (Å²) in [6.07, 6.45) is -4.47. The van der Waals surface area contributed by atoms with Crippen molar-refractivity contribution in [3.63, 3.8) is 0 Å². The van der Waals surface area contributed by atoms with E-state index in [2.05, 4.69) is 0 Å². The van der Waals surface area contributed by atoms with Gasteiger partial charge in [-0.15, -0.1) is 0 Å². The Bertz CT molecular complexity index is 523. The second kappa shape index (κ2) is 11.1. The van der Waals surface area contributed by atoms with Gasteiger partial charge in [0, 0.05) is 12.8 Å². The van der Waals surface area contributed by atoms with Crippen LogP contribution in [0.25, 0.3) is 0 Å². The van der Waals surface area contributed by atoms with Crippen molar-refractivity contribution in [2.24, 2.45) is 0 Å². The van der Waals surface area contributed by atoms with E-state index in [0.717, 1.165) is 19.3 Å². The molecule has 1 aliphatic heterocycles. The van der Waals surface area contributed by atoms with Gasteiger partial charge in [0.05, 0.1) is 13.2 Å². The van der Waals surface area contributed by atoms with Crippen molar-refractivity contribution in [2.45, 2.75) is 69.7 Å². The first-order valence-corrected chi connectivity index (χ1v) is 10.2. The minimum atomic E-state index is -4.46. The van der Waals surface area contributed by atoms with Crippen LogP contribution >= 0.6 is 0 Å². The summed E-state index contributed by atoms with van der Waals surface area (Å²) in [6.45, 7) is 2.14. The second-order valence-corrected chi connectivity index (χ2v) is 7.66. The summed E-state index contributed by atoms with van der Waals surface area (Å²) >= 11 is 0. The van der Waals surface area contributed by atoms with E-state index in [1.54, 1.807) is 0 Å². The van der Waals surface area contributed by atoms with Gasteiger partial charge in [-0.3, -0.25) is 9.35 Å². The molecule has 0 aliphatic carbocycles. The van der Waals surface area contributed by atoms with E-state index >= 15 is 0 Å². The summed E-state index contributed by atoms with van der Waals surface area (Å²) < 4.78 is 46.1. The predicted molar refractivity (Wildman–Crippen MR) is 88.8 cm³/mol. The number of aliphatic hydroxyl groups excluding tert-OH is 3. The summed E-state index contributed by atoms with van der Waals surface area (Å²) in [5.41, 5.74) is 0. The molecule has 1 heterocycles. The Kier molecular flexibility index (Phi) is 9.93. The molecular weight excluding hydrogens is 372 g/mol. The maximum Gasteiger partial charge on any atom is 0.305 e. The number of rotatable bonds is 11. The molecule has 1 aliphatic rings. The van der Waals surface area contributed by atoms with Gasteiger partial charge in [-0.2, -0.15) is 8.42 Å². The van der Waals surface area contributed by atoms with Crippen molar-refractivity contribution < 1.29 is 47.3 Å². The van der Waals surface area contributed by atoms with E-state index in [0.29, 0.717) is 12.8 Å². The average molecular weight is 400 g/mol. The zero-order chi connectivity index (χ0) is 19.7. The molecule has 1 saturated heterocycles. The van der Waals surface area contributed by atoms with E-state index in [4.69, 9.17) is 18.8 Å². The highest BCUT2D eigenvalue weighted by molar-refractivity contribution is 7.85.